The molecular weight excluding hydrogens is 412 g/mol. The van der Waals surface area contributed by atoms with Gasteiger partial charge in [-0.15, -0.1) is 0 Å². The molecule has 0 amide bonds. The van der Waals surface area contributed by atoms with Crippen molar-refractivity contribution in [1.82, 2.24) is 14.3 Å². The molecule has 0 radical (unpaired) electrons. The molecule has 31 heavy (non-hydrogen) atoms. The average Bonchev–Trinajstić information content (AvgIpc) is 3.54. The van der Waals surface area contributed by atoms with Crippen molar-refractivity contribution in [1.29, 1.82) is 0 Å². The van der Waals surface area contributed by atoms with Crippen LogP contribution in [-0.4, -0.2) is 67.8 Å². The summed E-state index contributed by atoms with van der Waals surface area (Å²) in [6.07, 6.45) is 10.1. The highest BCUT2D eigenvalue weighted by molar-refractivity contribution is 7.89. The van der Waals surface area contributed by atoms with Crippen LogP contribution in [0.4, 0.5) is 5.95 Å². The Kier molecular flexibility index (Phi) is 7.49. The minimum absolute atomic E-state index is 0.272. The molecule has 8 heteroatoms. The van der Waals surface area contributed by atoms with Gasteiger partial charge in [-0.1, -0.05) is 6.92 Å². The normalized spacial score (nSPS) is 26.3. The lowest BCUT2D eigenvalue weighted by molar-refractivity contribution is 0.0684. The SMILES string of the molecule is CCCS(=O)(=O)N1CCC(COCC2CC2C2CCN(c3ncc(C)cn3)CC2)CC1. The zero-order valence-corrected chi connectivity index (χ0v) is 19.9. The van der Waals surface area contributed by atoms with Crippen molar-refractivity contribution in [3.05, 3.63) is 18.0 Å². The Morgan fingerprint density at radius 1 is 1.03 bits per heavy atom. The Bertz CT molecular complexity index is 801. The van der Waals surface area contributed by atoms with E-state index in [0.29, 0.717) is 25.4 Å². The van der Waals surface area contributed by atoms with Crippen LogP contribution in [-0.2, 0) is 14.8 Å². The van der Waals surface area contributed by atoms with Crippen LogP contribution in [0, 0.1) is 30.6 Å². The van der Waals surface area contributed by atoms with Crippen LogP contribution in [0.15, 0.2) is 12.4 Å². The van der Waals surface area contributed by atoms with Gasteiger partial charge >= 0.3 is 0 Å². The summed E-state index contributed by atoms with van der Waals surface area (Å²) in [5.41, 5.74) is 1.10. The first-order chi connectivity index (χ1) is 15.0. The van der Waals surface area contributed by atoms with Crippen LogP contribution in [0.5, 0.6) is 0 Å². The smallest absolute Gasteiger partial charge is 0.225 e. The van der Waals surface area contributed by atoms with E-state index in [0.717, 1.165) is 68.4 Å². The van der Waals surface area contributed by atoms with Crippen molar-refractivity contribution >= 4 is 16.0 Å². The van der Waals surface area contributed by atoms with Crippen molar-refractivity contribution in [3.63, 3.8) is 0 Å². The first kappa shape index (κ1) is 22.9. The van der Waals surface area contributed by atoms with Crippen molar-refractivity contribution in [2.45, 2.75) is 52.4 Å². The zero-order valence-electron chi connectivity index (χ0n) is 19.1. The molecule has 3 heterocycles. The number of nitrogens with zero attached hydrogens (tertiary/aromatic N) is 4. The molecule has 0 aromatic carbocycles. The molecule has 1 saturated carbocycles. The average molecular weight is 451 g/mol. The Morgan fingerprint density at radius 2 is 1.71 bits per heavy atom. The van der Waals surface area contributed by atoms with E-state index < -0.39 is 10.0 Å². The van der Waals surface area contributed by atoms with Crippen LogP contribution in [0.1, 0.15) is 51.0 Å². The van der Waals surface area contributed by atoms with Gasteiger partial charge in [-0.2, -0.15) is 0 Å². The molecule has 0 N–H and O–H groups in total. The zero-order chi connectivity index (χ0) is 21.8. The number of anilines is 1. The van der Waals surface area contributed by atoms with Gasteiger partial charge < -0.3 is 9.64 Å². The number of ether oxygens (including phenoxy) is 1. The van der Waals surface area contributed by atoms with E-state index in [-0.39, 0.29) is 5.75 Å². The number of hydrogen-bond donors (Lipinski definition) is 0. The molecule has 3 fully saturated rings. The Morgan fingerprint density at radius 3 is 2.35 bits per heavy atom. The van der Waals surface area contributed by atoms with Crippen LogP contribution in [0.25, 0.3) is 0 Å². The number of sulfonamides is 1. The summed E-state index contributed by atoms with van der Waals surface area (Å²) in [6, 6.07) is 0. The minimum atomic E-state index is -3.04. The summed E-state index contributed by atoms with van der Waals surface area (Å²) in [5, 5.41) is 0. The molecule has 174 valence electrons. The number of hydrogen-bond acceptors (Lipinski definition) is 6. The fraction of sp³-hybridized carbons (Fsp3) is 0.826. The number of aromatic nitrogens is 2. The molecule has 1 aromatic heterocycles. The Labute approximate surface area is 187 Å². The van der Waals surface area contributed by atoms with Crippen LogP contribution >= 0.6 is 0 Å². The number of aryl methyl sites for hydroxylation is 1. The second kappa shape index (κ2) is 10.1. The van der Waals surface area contributed by atoms with E-state index in [1.165, 1.54) is 19.3 Å². The second-order valence-electron chi connectivity index (χ2n) is 9.74. The maximum absolute atomic E-state index is 12.2. The van der Waals surface area contributed by atoms with E-state index in [1.54, 1.807) is 4.31 Å². The molecule has 1 aromatic rings. The van der Waals surface area contributed by atoms with E-state index >= 15 is 0 Å². The van der Waals surface area contributed by atoms with Crippen molar-refractivity contribution in [2.24, 2.45) is 23.7 Å². The lowest BCUT2D eigenvalue weighted by Gasteiger charge is -2.32. The monoisotopic (exact) mass is 450 g/mol. The fourth-order valence-corrected chi connectivity index (χ4v) is 6.79. The van der Waals surface area contributed by atoms with Gasteiger partial charge in [0.1, 0.15) is 0 Å². The maximum Gasteiger partial charge on any atom is 0.225 e. The third-order valence-electron chi connectivity index (χ3n) is 7.29. The summed E-state index contributed by atoms with van der Waals surface area (Å²) in [4.78, 5) is 11.3. The largest absolute Gasteiger partial charge is 0.381 e. The Balaban J connectivity index is 1.11. The summed E-state index contributed by atoms with van der Waals surface area (Å²) in [6.45, 7) is 9.03. The van der Waals surface area contributed by atoms with Gasteiger partial charge in [0, 0.05) is 51.8 Å². The van der Waals surface area contributed by atoms with Crippen LogP contribution < -0.4 is 4.90 Å². The van der Waals surface area contributed by atoms with Crippen molar-refractivity contribution in [2.75, 3.05) is 50.0 Å². The van der Waals surface area contributed by atoms with E-state index in [4.69, 9.17) is 4.74 Å². The molecule has 7 nitrogen and oxygen atoms in total. The van der Waals surface area contributed by atoms with Gasteiger partial charge in [-0.05, 0) is 74.7 Å². The van der Waals surface area contributed by atoms with Crippen molar-refractivity contribution < 1.29 is 13.2 Å². The van der Waals surface area contributed by atoms with Gasteiger partial charge in [-0.25, -0.2) is 22.7 Å². The molecule has 2 unspecified atom stereocenters. The van der Waals surface area contributed by atoms with Gasteiger partial charge in [0.2, 0.25) is 16.0 Å². The standard InChI is InChI=1S/C23H38N4O3S/c1-3-12-31(28,29)27-10-4-19(5-11-27)16-30-17-21-13-22(21)20-6-8-26(9-7-20)23-24-14-18(2)15-25-23/h14-15,19-22H,3-13,16-17H2,1-2H3. The van der Waals surface area contributed by atoms with Gasteiger partial charge in [-0.3, -0.25) is 0 Å². The van der Waals surface area contributed by atoms with Gasteiger partial charge in [0.05, 0.1) is 5.75 Å². The quantitative estimate of drug-likeness (QED) is 0.575. The topological polar surface area (TPSA) is 75.6 Å². The Hall–Kier alpha value is -1.25. The predicted molar refractivity (Wildman–Crippen MR) is 122 cm³/mol. The van der Waals surface area contributed by atoms with Crippen LogP contribution in [0.2, 0.25) is 0 Å². The highest BCUT2D eigenvalue weighted by Crippen LogP contribution is 2.48. The minimum Gasteiger partial charge on any atom is -0.381 e. The molecule has 1 aliphatic carbocycles. The highest BCUT2D eigenvalue weighted by atomic mass is 32.2. The van der Waals surface area contributed by atoms with Gasteiger partial charge in [0.15, 0.2) is 0 Å². The maximum atomic E-state index is 12.2. The molecule has 3 aliphatic rings. The number of piperidine rings is 2. The summed E-state index contributed by atoms with van der Waals surface area (Å²) < 4.78 is 32.1. The predicted octanol–water partition coefficient (Wildman–Crippen LogP) is 3.11. The van der Waals surface area contributed by atoms with E-state index in [1.807, 2.05) is 26.2 Å². The molecule has 2 saturated heterocycles. The lowest BCUT2D eigenvalue weighted by atomic mass is 9.91. The second-order valence-corrected chi connectivity index (χ2v) is 11.8. The molecule has 4 rings (SSSR count). The molecule has 2 aliphatic heterocycles. The van der Waals surface area contributed by atoms with E-state index in [2.05, 4.69) is 14.9 Å². The lowest BCUT2D eigenvalue weighted by Crippen LogP contribution is -2.40. The number of rotatable bonds is 9. The van der Waals surface area contributed by atoms with Gasteiger partial charge in [0.25, 0.3) is 0 Å². The first-order valence-corrected chi connectivity index (χ1v) is 13.7. The summed E-state index contributed by atoms with van der Waals surface area (Å²) >= 11 is 0. The first-order valence-electron chi connectivity index (χ1n) is 12.1. The van der Waals surface area contributed by atoms with E-state index in [9.17, 15) is 8.42 Å². The molecular formula is C23H38N4O3S. The summed E-state index contributed by atoms with van der Waals surface area (Å²) in [5.74, 6) is 3.99. The summed E-state index contributed by atoms with van der Waals surface area (Å²) in [7, 11) is -3.04. The van der Waals surface area contributed by atoms with Crippen molar-refractivity contribution in [3.8, 4) is 0 Å². The third-order valence-corrected chi connectivity index (χ3v) is 9.36. The molecule has 0 bridgehead atoms. The van der Waals surface area contributed by atoms with Crippen LogP contribution in [0.3, 0.4) is 0 Å². The third kappa shape index (κ3) is 5.96. The highest BCUT2D eigenvalue weighted by Gasteiger charge is 2.43. The molecule has 0 spiro atoms. The molecule has 2 atom stereocenters. The fourth-order valence-electron chi connectivity index (χ4n) is 5.24.